The summed E-state index contributed by atoms with van der Waals surface area (Å²) in [5, 5.41) is 18.3. The van der Waals surface area contributed by atoms with Crippen LogP contribution >= 0.6 is 7.82 Å². The van der Waals surface area contributed by atoms with Crippen LogP contribution in [0.25, 0.3) is 0 Å². The van der Waals surface area contributed by atoms with E-state index in [1.54, 1.807) is 0 Å². The highest BCUT2D eigenvalue weighted by molar-refractivity contribution is 7.47. The maximum Gasteiger partial charge on any atom is 0.472 e. The van der Waals surface area contributed by atoms with Crippen LogP contribution in [0.4, 0.5) is 0 Å². The fourth-order valence-electron chi connectivity index (χ4n) is 6.06. The van der Waals surface area contributed by atoms with Crippen LogP contribution in [-0.2, 0) is 27.9 Å². The fraction of sp³-hybridized carbons (Fsp3) is 0.975. The number of carbonyl (C=O) groups is 1. The van der Waals surface area contributed by atoms with Crippen molar-refractivity contribution >= 4 is 13.8 Å². The van der Waals surface area contributed by atoms with Crippen LogP contribution in [0, 0.1) is 0 Å². The fourth-order valence-corrected chi connectivity index (χ4v) is 6.85. The van der Waals surface area contributed by atoms with Gasteiger partial charge >= 0.3 is 13.8 Å². The van der Waals surface area contributed by atoms with Gasteiger partial charge in [-0.1, -0.05) is 187 Å². The molecule has 3 unspecified atom stereocenters. The summed E-state index contributed by atoms with van der Waals surface area (Å²) in [5.41, 5.74) is 0. The van der Waals surface area contributed by atoms with Crippen LogP contribution in [0.2, 0.25) is 0 Å². The Balaban J connectivity index is 4.02. The third-order valence-corrected chi connectivity index (χ3v) is 10.2. The van der Waals surface area contributed by atoms with Crippen molar-refractivity contribution in [2.75, 3.05) is 33.0 Å². The Morgan fingerprint density at radius 2 is 0.900 bits per heavy atom. The van der Waals surface area contributed by atoms with Crippen molar-refractivity contribution in [3.05, 3.63) is 0 Å². The number of hydrogen-bond donors (Lipinski definition) is 3. The minimum Gasteiger partial charge on any atom is -0.457 e. The lowest BCUT2D eigenvalue weighted by Crippen LogP contribution is -2.29. The number of carbonyl (C=O) groups excluding carboxylic acids is 1. The number of rotatable bonds is 41. The van der Waals surface area contributed by atoms with E-state index in [1.807, 2.05) is 0 Å². The Morgan fingerprint density at radius 1 is 0.540 bits per heavy atom. The molecule has 300 valence electrons. The van der Waals surface area contributed by atoms with Crippen molar-refractivity contribution in [1.29, 1.82) is 0 Å². The topological polar surface area (TPSA) is 132 Å². The Bertz CT molecular complexity index is 754. The summed E-state index contributed by atoms with van der Waals surface area (Å²) in [6, 6.07) is 0. The zero-order valence-corrected chi connectivity index (χ0v) is 33.5. The lowest BCUT2D eigenvalue weighted by molar-refractivity contribution is -0.154. The monoisotopic (exact) mass is 737 g/mol. The first-order valence-electron chi connectivity index (χ1n) is 21.0. The number of hydrogen-bond acceptors (Lipinski definition) is 8. The van der Waals surface area contributed by atoms with E-state index < -0.39 is 33.2 Å². The SMILES string of the molecule is CCCCCCCCCCCCCCCCCCCCCCOCC(COP(=O)(O)OCC(O)CO)OC(=O)CCCCCCCCCCC. The van der Waals surface area contributed by atoms with Crippen LogP contribution in [0.3, 0.4) is 0 Å². The second-order valence-corrected chi connectivity index (χ2v) is 15.8. The first-order valence-corrected chi connectivity index (χ1v) is 22.5. The van der Waals surface area contributed by atoms with E-state index in [0.29, 0.717) is 6.61 Å². The molecular weight excluding hydrogens is 655 g/mol. The molecule has 0 fully saturated rings. The molecule has 0 radical (unpaired) electrons. The number of ether oxygens (including phenoxy) is 2. The molecule has 0 rings (SSSR count). The smallest absolute Gasteiger partial charge is 0.457 e. The summed E-state index contributed by atoms with van der Waals surface area (Å²) < 4.78 is 33.2. The van der Waals surface area contributed by atoms with Crippen molar-refractivity contribution in [1.82, 2.24) is 0 Å². The van der Waals surface area contributed by atoms with E-state index in [4.69, 9.17) is 23.6 Å². The van der Waals surface area contributed by atoms with Crippen LogP contribution in [0.1, 0.15) is 206 Å². The van der Waals surface area contributed by atoms with Gasteiger partial charge in [0.1, 0.15) is 12.2 Å². The highest BCUT2D eigenvalue weighted by atomic mass is 31.2. The van der Waals surface area contributed by atoms with Gasteiger partial charge in [0, 0.05) is 13.0 Å². The molecule has 0 heterocycles. The van der Waals surface area contributed by atoms with Crippen LogP contribution < -0.4 is 0 Å². The second kappa shape index (κ2) is 38.2. The van der Waals surface area contributed by atoms with E-state index in [0.717, 1.165) is 32.1 Å². The summed E-state index contributed by atoms with van der Waals surface area (Å²) in [6.45, 7) is 3.54. The van der Waals surface area contributed by atoms with E-state index in [-0.39, 0.29) is 25.6 Å². The van der Waals surface area contributed by atoms with Crippen molar-refractivity contribution in [3.8, 4) is 0 Å². The zero-order valence-electron chi connectivity index (χ0n) is 32.6. The molecule has 0 aliphatic rings. The first-order chi connectivity index (χ1) is 24.3. The molecule has 0 saturated heterocycles. The number of aliphatic hydroxyl groups is 2. The number of phosphoric ester groups is 1. The summed E-state index contributed by atoms with van der Waals surface area (Å²) in [7, 11) is -4.50. The lowest BCUT2D eigenvalue weighted by atomic mass is 10.0. The molecule has 0 spiro atoms. The van der Waals surface area contributed by atoms with Gasteiger partial charge in [-0.05, 0) is 12.8 Å². The molecule has 0 bridgehead atoms. The normalized spacial score (nSPS) is 14.1. The molecule has 0 aromatic carbocycles. The van der Waals surface area contributed by atoms with Gasteiger partial charge in [-0.25, -0.2) is 4.57 Å². The molecule has 0 aliphatic carbocycles. The summed E-state index contributed by atoms with van der Waals surface area (Å²) in [4.78, 5) is 22.4. The van der Waals surface area contributed by atoms with E-state index >= 15 is 0 Å². The molecule has 3 atom stereocenters. The average Bonchev–Trinajstić information content (AvgIpc) is 3.10. The molecule has 10 heteroatoms. The van der Waals surface area contributed by atoms with Gasteiger partial charge in [-0.3, -0.25) is 13.8 Å². The van der Waals surface area contributed by atoms with Crippen molar-refractivity contribution in [2.24, 2.45) is 0 Å². The van der Waals surface area contributed by atoms with Crippen molar-refractivity contribution in [3.63, 3.8) is 0 Å². The molecule has 0 saturated carbocycles. The highest BCUT2D eigenvalue weighted by Gasteiger charge is 2.26. The van der Waals surface area contributed by atoms with E-state index in [9.17, 15) is 19.4 Å². The molecule has 0 aromatic heterocycles. The zero-order chi connectivity index (χ0) is 36.8. The van der Waals surface area contributed by atoms with Gasteiger partial charge < -0.3 is 24.6 Å². The second-order valence-electron chi connectivity index (χ2n) is 14.4. The largest absolute Gasteiger partial charge is 0.472 e. The molecule has 50 heavy (non-hydrogen) atoms. The van der Waals surface area contributed by atoms with Gasteiger partial charge in [0.15, 0.2) is 0 Å². The minimum atomic E-state index is -4.50. The molecular formula is C40H81O9P. The van der Waals surface area contributed by atoms with Crippen LogP contribution in [-0.4, -0.2) is 66.3 Å². The summed E-state index contributed by atoms with van der Waals surface area (Å²) in [5.74, 6) is -0.381. The summed E-state index contributed by atoms with van der Waals surface area (Å²) in [6.07, 6.45) is 35.0. The van der Waals surface area contributed by atoms with Gasteiger partial charge in [0.05, 0.1) is 26.4 Å². The Kier molecular flexibility index (Phi) is 37.8. The Hall–Kier alpha value is -0.540. The van der Waals surface area contributed by atoms with Crippen LogP contribution in [0.5, 0.6) is 0 Å². The maximum atomic E-state index is 12.5. The highest BCUT2D eigenvalue weighted by Crippen LogP contribution is 2.43. The van der Waals surface area contributed by atoms with Crippen molar-refractivity contribution in [2.45, 2.75) is 219 Å². The van der Waals surface area contributed by atoms with Crippen LogP contribution in [0.15, 0.2) is 0 Å². The molecule has 0 aliphatic heterocycles. The average molecular weight is 737 g/mol. The molecule has 0 aromatic rings. The number of aliphatic hydroxyl groups excluding tert-OH is 2. The summed E-state index contributed by atoms with van der Waals surface area (Å²) >= 11 is 0. The molecule has 3 N–H and O–H groups in total. The van der Waals surface area contributed by atoms with Gasteiger partial charge in [-0.15, -0.1) is 0 Å². The van der Waals surface area contributed by atoms with Gasteiger partial charge in [0.2, 0.25) is 0 Å². The molecule has 9 nitrogen and oxygen atoms in total. The molecule has 0 amide bonds. The Morgan fingerprint density at radius 3 is 1.30 bits per heavy atom. The third kappa shape index (κ3) is 37.2. The number of esters is 1. The van der Waals surface area contributed by atoms with Crippen molar-refractivity contribution < 1.29 is 43.0 Å². The maximum absolute atomic E-state index is 12.5. The standard InChI is InChI=1S/C40H81O9P/c1-3-5-7-9-11-13-14-15-16-17-18-19-20-21-22-23-25-27-29-31-33-46-36-39(37-48-50(44,45)47-35-38(42)34-41)49-40(43)32-30-28-26-24-12-10-8-6-4-2/h38-39,41-42H,3-37H2,1-2H3,(H,44,45). The first kappa shape index (κ1) is 49.5. The van der Waals surface area contributed by atoms with E-state index in [1.165, 1.54) is 154 Å². The van der Waals surface area contributed by atoms with E-state index in [2.05, 4.69) is 13.8 Å². The number of phosphoric acid groups is 1. The predicted octanol–water partition coefficient (Wildman–Crippen LogP) is 11.1. The predicted molar refractivity (Wildman–Crippen MR) is 205 cm³/mol. The van der Waals surface area contributed by atoms with Gasteiger partial charge in [-0.2, -0.15) is 0 Å². The lowest BCUT2D eigenvalue weighted by Gasteiger charge is -2.20. The Labute approximate surface area is 308 Å². The minimum absolute atomic E-state index is 0.0574. The number of unbranched alkanes of at least 4 members (excludes halogenated alkanes) is 27. The quantitative estimate of drug-likeness (QED) is 0.0319. The third-order valence-electron chi connectivity index (χ3n) is 9.29. The van der Waals surface area contributed by atoms with Gasteiger partial charge in [0.25, 0.3) is 0 Å².